The molecule has 2 aliphatic rings. The lowest BCUT2D eigenvalue weighted by Crippen LogP contribution is -2.36. The fourth-order valence-electron chi connectivity index (χ4n) is 3.98. The highest BCUT2D eigenvalue weighted by Gasteiger charge is 2.43. The number of fused-ring (bicyclic) bond motifs is 2. The van der Waals surface area contributed by atoms with E-state index in [-0.39, 0.29) is 21.9 Å². The molecule has 2 heterocycles. The zero-order valence-electron chi connectivity index (χ0n) is 16.1. The highest BCUT2D eigenvalue weighted by Crippen LogP contribution is 2.34. The van der Waals surface area contributed by atoms with Crippen molar-refractivity contribution in [2.45, 2.75) is 44.6 Å². The summed E-state index contributed by atoms with van der Waals surface area (Å²) in [5, 5.41) is 0. The summed E-state index contributed by atoms with van der Waals surface area (Å²) < 4.78 is 26.5. The van der Waals surface area contributed by atoms with E-state index in [0.29, 0.717) is 6.54 Å². The first-order valence-electron chi connectivity index (χ1n) is 9.36. The van der Waals surface area contributed by atoms with E-state index in [1.807, 2.05) is 19.1 Å². The zero-order valence-corrected chi connectivity index (χ0v) is 16.9. The Bertz CT molecular complexity index is 1110. The molecule has 0 aliphatic carbocycles. The minimum Gasteiger partial charge on any atom is -0.308 e. The minimum atomic E-state index is -3.93. The van der Waals surface area contributed by atoms with Gasteiger partial charge in [0.15, 0.2) is 0 Å². The first-order chi connectivity index (χ1) is 13.2. The summed E-state index contributed by atoms with van der Waals surface area (Å²) in [4.78, 5) is 27.3. The van der Waals surface area contributed by atoms with Crippen molar-refractivity contribution in [1.82, 2.24) is 4.31 Å². The molecule has 0 bridgehead atoms. The van der Waals surface area contributed by atoms with E-state index < -0.39 is 22.0 Å². The van der Waals surface area contributed by atoms with Crippen LogP contribution in [0.3, 0.4) is 0 Å². The number of amides is 2. The van der Waals surface area contributed by atoms with Gasteiger partial charge in [-0.1, -0.05) is 17.7 Å². The highest BCUT2D eigenvalue weighted by atomic mass is 32.2. The lowest BCUT2D eigenvalue weighted by Gasteiger charge is -2.30. The standard InChI is InChI=1S/C21H22N2O4S/c1-13(2)23-21(25)17-8-7-16(12-19(17)28(23,26)27)20(24)22-10-4-5-15-11-14(3)6-9-18(15)22/h6-9,11-13H,4-5,10H2,1-3H3. The summed E-state index contributed by atoms with van der Waals surface area (Å²) in [5.74, 6) is -0.791. The van der Waals surface area contributed by atoms with Crippen LogP contribution in [0, 0.1) is 6.92 Å². The summed E-state index contributed by atoms with van der Waals surface area (Å²) in [6.07, 6.45) is 1.77. The van der Waals surface area contributed by atoms with Gasteiger partial charge >= 0.3 is 0 Å². The van der Waals surface area contributed by atoms with Crippen LogP contribution >= 0.6 is 0 Å². The Hall–Kier alpha value is -2.67. The Morgan fingerprint density at radius 2 is 1.86 bits per heavy atom. The maximum atomic E-state index is 13.2. The van der Waals surface area contributed by atoms with Gasteiger partial charge in [0.05, 0.1) is 5.56 Å². The molecular formula is C21H22N2O4S. The van der Waals surface area contributed by atoms with E-state index in [4.69, 9.17) is 0 Å². The van der Waals surface area contributed by atoms with Crippen LogP contribution in [-0.2, 0) is 16.4 Å². The van der Waals surface area contributed by atoms with Crippen LogP contribution in [0.2, 0.25) is 0 Å². The van der Waals surface area contributed by atoms with Crippen molar-refractivity contribution in [2.75, 3.05) is 11.4 Å². The number of carbonyl (C=O) groups excluding carboxylic acids is 2. The molecule has 0 spiro atoms. The average molecular weight is 398 g/mol. The van der Waals surface area contributed by atoms with E-state index in [2.05, 4.69) is 6.07 Å². The molecule has 2 amide bonds. The van der Waals surface area contributed by atoms with Crippen LogP contribution in [-0.4, -0.2) is 37.1 Å². The first kappa shape index (κ1) is 18.7. The molecule has 28 heavy (non-hydrogen) atoms. The quantitative estimate of drug-likeness (QED) is 0.779. The van der Waals surface area contributed by atoms with Gasteiger partial charge in [-0.05, 0) is 63.4 Å². The van der Waals surface area contributed by atoms with Crippen molar-refractivity contribution in [1.29, 1.82) is 0 Å². The van der Waals surface area contributed by atoms with Gasteiger partial charge in [0.1, 0.15) is 4.90 Å². The molecule has 0 N–H and O–H groups in total. The van der Waals surface area contributed by atoms with Crippen LogP contribution in [0.4, 0.5) is 5.69 Å². The smallest absolute Gasteiger partial charge is 0.269 e. The fourth-order valence-corrected chi connectivity index (χ4v) is 5.78. The third kappa shape index (κ3) is 2.73. The Kier molecular flexibility index (Phi) is 4.30. The number of hydrogen-bond donors (Lipinski definition) is 0. The first-order valence-corrected chi connectivity index (χ1v) is 10.8. The normalized spacial score (nSPS) is 17.6. The number of carbonyl (C=O) groups is 2. The van der Waals surface area contributed by atoms with Crippen molar-refractivity contribution >= 4 is 27.5 Å². The lowest BCUT2D eigenvalue weighted by molar-refractivity contribution is 0.0845. The van der Waals surface area contributed by atoms with E-state index in [1.54, 1.807) is 24.8 Å². The van der Waals surface area contributed by atoms with Gasteiger partial charge in [-0.3, -0.25) is 9.59 Å². The second kappa shape index (κ2) is 6.44. The summed E-state index contributed by atoms with van der Waals surface area (Å²) in [5.41, 5.74) is 3.53. The van der Waals surface area contributed by atoms with E-state index >= 15 is 0 Å². The van der Waals surface area contributed by atoms with E-state index in [0.717, 1.165) is 34.0 Å². The summed E-state index contributed by atoms with van der Waals surface area (Å²) in [6, 6.07) is 9.84. The van der Waals surface area contributed by atoms with E-state index in [1.165, 1.54) is 12.1 Å². The molecule has 146 valence electrons. The number of hydrogen-bond acceptors (Lipinski definition) is 4. The summed E-state index contributed by atoms with van der Waals surface area (Å²) >= 11 is 0. The fraction of sp³-hybridized carbons (Fsp3) is 0.333. The molecule has 0 saturated heterocycles. The second-order valence-corrected chi connectivity index (χ2v) is 9.39. The highest BCUT2D eigenvalue weighted by molar-refractivity contribution is 7.90. The van der Waals surface area contributed by atoms with Crippen molar-refractivity contribution in [3.8, 4) is 0 Å². The van der Waals surface area contributed by atoms with Gasteiger partial charge in [0.25, 0.3) is 21.8 Å². The Balaban J connectivity index is 1.75. The van der Waals surface area contributed by atoms with Crippen LogP contribution in [0.15, 0.2) is 41.3 Å². The summed E-state index contributed by atoms with van der Waals surface area (Å²) in [6.45, 7) is 5.90. The van der Waals surface area contributed by atoms with Gasteiger partial charge in [0, 0.05) is 23.8 Å². The number of sulfonamides is 1. The molecule has 0 saturated carbocycles. The molecule has 0 fully saturated rings. The van der Waals surface area contributed by atoms with Gasteiger partial charge in [-0.2, -0.15) is 0 Å². The SMILES string of the molecule is Cc1ccc2c(c1)CCCN2C(=O)c1ccc2c(c1)S(=O)(=O)N(C(C)C)C2=O. The van der Waals surface area contributed by atoms with Gasteiger partial charge in [-0.25, -0.2) is 12.7 Å². The molecule has 2 aliphatic heterocycles. The molecule has 0 unspecified atom stereocenters. The number of aryl methyl sites for hydroxylation is 2. The van der Waals surface area contributed by atoms with Crippen LogP contribution in [0.25, 0.3) is 0 Å². The summed E-state index contributed by atoms with van der Waals surface area (Å²) in [7, 11) is -3.93. The number of nitrogens with zero attached hydrogens (tertiary/aromatic N) is 2. The van der Waals surface area contributed by atoms with Crippen molar-refractivity contribution in [2.24, 2.45) is 0 Å². The Labute approximate surface area is 164 Å². The Morgan fingerprint density at radius 3 is 2.57 bits per heavy atom. The molecular weight excluding hydrogens is 376 g/mol. The predicted molar refractivity (Wildman–Crippen MR) is 106 cm³/mol. The molecule has 7 heteroatoms. The monoisotopic (exact) mass is 398 g/mol. The number of anilines is 1. The average Bonchev–Trinajstić information content (AvgIpc) is 2.85. The lowest BCUT2D eigenvalue weighted by atomic mass is 9.98. The molecule has 4 rings (SSSR count). The maximum Gasteiger partial charge on any atom is 0.269 e. The molecule has 6 nitrogen and oxygen atoms in total. The van der Waals surface area contributed by atoms with Crippen molar-refractivity contribution in [3.63, 3.8) is 0 Å². The second-order valence-electron chi connectivity index (χ2n) is 7.60. The molecule has 0 atom stereocenters. The van der Waals surface area contributed by atoms with Gasteiger partial charge in [-0.15, -0.1) is 0 Å². The van der Waals surface area contributed by atoms with Crippen LogP contribution in [0.1, 0.15) is 52.1 Å². The van der Waals surface area contributed by atoms with Gasteiger partial charge < -0.3 is 4.90 Å². The minimum absolute atomic E-state index is 0.0850. The Morgan fingerprint density at radius 1 is 1.11 bits per heavy atom. The topological polar surface area (TPSA) is 74.8 Å². The van der Waals surface area contributed by atoms with Crippen molar-refractivity contribution < 1.29 is 18.0 Å². The number of rotatable bonds is 2. The zero-order chi connectivity index (χ0) is 20.2. The van der Waals surface area contributed by atoms with Gasteiger partial charge in [0.2, 0.25) is 0 Å². The molecule has 0 radical (unpaired) electrons. The largest absolute Gasteiger partial charge is 0.308 e. The maximum absolute atomic E-state index is 13.2. The third-order valence-electron chi connectivity index (χ3n) is 5.26. The molecule has 0 aromatic heterocycles. The number of benzene rings is 2. The van der Waals surface area contributed by atoms with Crippen molar-refractivity contribution in [3.05, 3.63) is 58.7 Å². The molecule has 2 aromatic rings. The predicted octanol–water partition coefficient (Wildman–Crippen LogP) is 3.14. The van der Waals surface area contributed by atoms with E-state index in [9.17, 15) is 18.0 Å². The third-order valence-corrected chi connectivity index (χ3v) is 7.26. The molecule has 2 aromatic carbocycles. The van der Waals surface area contributed by atoms with Crippen LogP contribution in [0.5, 0.6) is 0 Å². The van der Waals surface area contributed by atoms with Crippen LogP contribution < -0.4 is 4.90 Å².